The van der Waals surface area contributed by atoms with Crippen LogP contribution in [0.2, 0.25) is 0 Å². The highest BCUT2D eigenvalue weighted by Crippen LogP contribution is 2.23. The number of hydrogen-bond donors (Lipinski definition) is 1. The van der Waals surface area contributed by atoms with E-state index in [1.54, 1.807) is 0 Å². The summed E-state index contributed by atoms with van der Waals surface area (Å²) in [4.78, 5) is 0. The molecule has 1 unspecified atom stereocenters. The predicted octanol–water partition coefficient (Wildman–Crippen LogP) is 4.22. The summed E-state index contributed by atoms with van der Waals surface area (Å²) in [7, 11) is 0. The Kier molecular flexibility index (Phi) is 4.46. The van der Waals surface area contributed by atoms with Crippen LogP contribution in [0.15, 0.2) is 22.7 Å². The van der Waals surface area contributed by atoms with Crippen LogP contribution in [0.1, 0.15) is 25.8 Å². The molecule has 1 aromatic rings. The first-order valence-electron chi connectivity index (χ1n) is 5.13. The third-order valence-electron chi connectivity index (χ3n) is 2.46. The van der Waals surface area contributed by atoms with E-state index < -0.39 is 0 Å². The van der Waals surface area contributed by atoms with E-state index in [2.05, 4.69) is 60.2 Å². The zero-order chi connectivity index (χ0) is 10.6. The Bertz CT molecular complexity index is 296. The van der Waals surface area contributed by atoms with E-state index in [0.717, 1.165) is 16.9 Å². The molecule has 1 atom stereocenters. The molecule has 1 rings (SSSR count). The zero-order valence-corrected chi connectivity index (χ0v) is 10.7. The Morgan fingerprint density at radius 3 is 2.79 bits per heavy atom. The summed E-state index contributed by atoms with van der Waals surface area (Å²) >= 11 is 3.54. The molecule has 78 valence electrons. The number of benzene rings is 1. The Balaban J connectivity index is 2.62. The van der Waals surface area contributed by atoms with Crippen LogP contribution >= 0.6 is 15.9 Å². The summed E-state index contributed by atoms with van der Waals surface area (Å²) in [6, 6.07) is 6.37. The first-order valence-corrected chi connectivity index (χ1v) is 5.92. The van der Waals surface area contributed by atoms with Crippen molar-refractivity contribution < 1.29 is 0 Å². The number of anilines is 1. The molecule has 0 radical (unpaired) electrons. The highest BCUT2D eigenvalue weighted by Gasteiger charge is 2.01. The Labute approximate surface area is 95.0 Å². The van der Waals surface area contributed by atoms with Crippen molar-refractivity contribution in [2.75, 3.05) is 11.9 Å². The fourth-order valence-electron chi connectivity index (χ4n) is 1.20. The van der Waals surface area contributed by atoms with E-state index in [0.29, 0.717) is 0 Å². The second-order valence-corrected chi connectivity index (χ2v) is 4.73. The molecule has 0 aromatic heterocycles. The van der Waals surface area contributed by atoms with Gasteiger partial charge in [0, 0.05) is 16.7 Å². The minimum atomic E-state index is 0.724. The monoisotopic (exact) mass is 255 g/mol. The SMILES string of the molecule is CCC(C)CNc1cc(C)ccc1Br. The van der Waals surface area contributed by atoms with Crippen molar-refractivity contribution in [2.24, 2.45) is 5.92 Å². The molecule has 1 aromatic carbocycles. The summed E-state index contributed by atoms with van der Waals surface area (Å²) in [5, 5.41) is 3.46. The van der Waals surface area contributed by atoms with Gasteiger partial charge in [-0.3, -0.25) is 0 Å². The van der Waals surface area contributed by atoms with Crippen molar-refractivity contribution in [1.82, 2.24) is 0 Å². The van der Waals surface area contributed by atoms with Gasteiger partial charge in [-0.2, -0.15) is 0 Å². The molecule has 0 aliphatic heterocycles. The largest absolute Gasteiger partial charge is 0.384 e. The highest BCUT2D eigenvalue weighted by atomic mass is 79.9. The molecule has 0 saturated carbocycles. The average Bonchev–Trinajstić information content (AvgIpc) is 2.19. The lowest BCUT2D eigenvalue weighted by Gasteiger charge is -2.13. The first kappa shape index (κ1) is 11.6. The Morgan fingerprint density at radius 2 is 2.14 bits per heavy atom. The van der Waals surface area contributed by atoms with Gasteiger partial charge in [0.25, 0.3) is 0 Å². The maximum absolute atomic E-state index is 3.54. The molecule has 0 fully saturated rings. The molecule has 0 bridgehead atoms. The smallest absolute Gasteiger partial charge is 0.0487 e. The van der Waals surface area contributed by atoms with Crippen molar-refractivity contribution in [3.05, 3.63) is 28.2 Å². The van der Waals surface area contributed by atoms with Gasteiger partial charge in [-0.25, -0.2) is 0 Å². The third kappa shape index (κ3) is 3.33. The zero-order valence-electron chi connectivity index (χ0n) is 9.10. The van der Waals surface area contributed by atoms with E-state index >= 15 is 0 Å². The quantitative estimate of drug-likeness (QED) is 0.850. The lowest BCUT2D eigenvalue weighted by Crippen LogP contribution is -2.10. The van der Waals surface area contributed by atoms with Crippen LogP contribution in [0, 0.1) is 12.8 Å². The van der Waals surface area contributed by atoms with E-state index in [9.17, 15) is 0 Å². The van der Waals surface area contributed by atoms with Crippen molar-refractivity contribution >= 4 is 21.6 Å². The normalized spacial score (nSPS) is 12.6. The third-order valence-corrected chi connectivity index (χ3v) is 3.15. The number of aryl methyl sites for hydroxylation is 1. The van der Waals surface area contributed by atoms with Crippen molar-refractivity contribution in [3.63, 3.8) is 0 Å². The van der Waals surface area contributed by atoms with Crippen molar-refractivity contribution in [3.8, 4) is 0 Å². The summed E-state index contributed by atoms with van der Waals surface area (Å²) in [6.45, 7) is 7.63. The lowest BCUT2D eigenvalue weighted by molar-refractivity contribution is 0.593. The topological polar surface area (TPSA) is 12.0 Å². The number of halogens is 1. The molecule has 0 amide bonds. The minimum Gasteiger partial charge on any atom is -0.384 e. The fraction of sp³-hybridized carbons (Fsp3) is 0.500. The fourth-order valence-corrected chi connectivity index (χ4v) is 1.59. The van der Waals surface area contributed by atoms with Crippen molar-refractivity contribution in [2.45, 2.75) is 27.2 Å². The number of rotatable bonds is 4. The number of hydrogen-bond acceptors (Lipinski definition) is 1. The maximum Gasteiger partial charge on any atom is 0.0487 e. The molecule has 1 nitrogen and oxygen atoms in total. The van der Waals surface area contributed by atoms with Crippen LogP contribution < -0.4 is 5.32 Å². The van der Waals surface area contributed by atoms with Gasteiger partial charge in [0.15, 0.2) is 0 Å². The lowest BCUT2D eigenvalue weighted by atomic mass is 10.1. The van der Waals surface area contributed by atoms with E-state index in [1.807, 2.05) is 0 Å². The van der Waals surface area contributed by atoms with Crippen LogP contribution in [0.25, 0.3) is 0 Å². The van der Waals surface area contributed by atoms with Crippen LogP contribution in [-0.4, -0.2) is 6.54 Å². The molecular formula is C12H18BrN. The summed E-state index contributed by atoms with van der Waals surface area (Å²) < 4.78 is 1.14. The average molecular weight is 256 g/mol. The van der Waals surface area contributed by atoms with Crippen LogP contribution in [0.5, 0.6) is 0 Å². The van der Waals surface area contributed by atoms with E-state index in [1.165, 1.54) is 17.7 Å². The van der Waals surface area contributed by atoms with Gasteiger partial charge in [0.1, 0.15) is 0 Å². The van der Waals surface area contributed by atoms with Crippen molar-refractivity contribution in [1.29, 1.82) is 0 Å². The summed E-state index contributed by atoms with van der Waals surface area (Å²) in [5.74, 6) is 0.724. The van der Waals surface area contributed by atoms with Gasteiger partial charge >= 0.3 is 0 Å². The molecule has 0 saturated heterocycles. The van der Waals surface area contributed by atoms with Gasteiger partial charge in [-0.05, 0) is 46.5 Å². The van der Waals surface area contributed by atoms with Gasteiger partial charge in [0.05, 0.1) is 0 Å². The molecule has 0 heterocycles. The predicted molar refractivity (Wildman–Crippen MR) is 66.8 cm³/mol. The number of nitrogens with one attached hydrogen (secondary N) is 1. The molecule has 0 aliphatic rings. The molecule has 0 spiro atoms. The van der Waals surface area contributed by atoms with E-state index in [-0.39, 0.29) is 0 Å². The molecule has 2 heteroatoms. The molecule has 0 aliphatic carbocycles. The van der Waals surface area contributed by atoms with Crippen LogP contribution in [-0.2, 0) is 0 Å². The van der Waals surface area contributed by atoms with Gasteiger partial charge in [0.2, 0.25) is 0 Å². The van der Waals surface area contributed by atoms with Gasteiger partial charge in [-0.1, -0.05) is 26.3 Å². The Morgan fingerprint density at radius 1 is 1.43 bits per heavy atom. The summed E-state index contributed by atoms with van der Waals surface area (Å²) in [5.41, 5.74) is 2.49. The maximum atomic E-state index is 3.54. The highest BCUT2D eigenvalue weighted by molar-refractivity contribution is 9.10. The van der Waals surface area contributed by atoms with E-state index in [4.69, 9.17) is 0 Å². The van der Waals surface area contributed by atoms with Crippen LogP contribution in [0.4, 0.5) is 5.69 Å². The molecule has 14 heavy (non-hydrogen) atoms. The van der Waals surface area contributed by atoms with Crippen LogP contribution in [0.3, 0.4) is 0 Å². The van der Waals surface area contributed by atoms with Gasteiger partial charge < -0.3 is 5.32 Å². The standard InChI is InChI=1S/C12H18BrN/c1-4-9(2)8-14-12-7-10(3)5-6-11(12)13/h5-7,9,14H,4,8H2,1-3H3. The first-order chi connectivity index (χ1) is 6.63. The van der Waals surface area contributed by atoms with Gasteiger partial charge in [-0.15, -0.1) is 0 Å². The minimum absolute atomic E-state index is 0.724. The second-order valence-electron chi connectivity index (χ2n) is 3.88. The molecular weight excluding hydrogens is 238 g/mol. The Hall–Kier alpha value is -0.500. The second kappa shape index (κ2) is 5.40. The summed E-state index contributed by atoms with van der Waals surface area (Å²) in [6.07, 6.45) is 1.22. The molecule has 1 N–H and O–H groups in total.